The van der Waals surface area contributed by atoms with Gasteiger partial charge in [-0.1, -0.05) is 30.7 Å². The summed E-state index contributed by atoms with van der Waals surface area (Å²) in [6, 6.07) is 12.8. The number of aromatic carboxylic acids is 1. The van der Waals surface area contributed by atoms with Gasteiger partial charge in [0.05, 0.1) is 41.6 Å². The highest BCUT2D eigenvalue weighted by Crippen LogP contribution is 2.41. The van der Waals surface area contributed by atoms with Crippen LogP contribution in [0.1, 0.15) is 33.4 Å². The van der Waals surface area contributed by atoms with E-state index in [-0.39, 0.29) is 5.56 Å². The van der Waals surface area contributed by atoms with Crippen LogP contribution in [0.4, 0.5) is 11.5 Å². The summed E-state index contributed by atoms with van der Waals surface area (Å²) in [6.07, 6.45) is 0.646. The van der Waals surface area contributed by atoms with Crippen molar-refractivity contribution in [3.63, 3.8) is 0 Å². The highest BCUT2D eigenvalue weighted by Gasteiger charge is 2.26. The number of carboxylic acid groups (broad SMARTS) is 1. The summed E-state index contributed by atoms with van der Waals surface area (Å²) in [4.78, 5) is 17.6. The summed E-state index contributed by atoms with van der Waals surface area (Å²) in [5.74, 6) is 0.778. The summed E-state index contributed by atoms with van der Waals surface area (Å²) in [5.41, 5.74) is 3.81. The lowest BCUT2D eigenvalue weighted by Crippen LogP contribution is -2.08. The molecule has 2 N–H and O–H groups in total. The zero-order chi connectivity index (χ0) is 24.4. The van der Waals surface area contributed by atoms with Gasteiger partial charge in [-0.3, -0.25) is 0 Å². The van der Waals surface area contributed by atoms with E-state index in [1.165, 1.54) is 11.3 Å². The number of anilines is 2. The average Bonchev–Trinajstić information content (AvgIpc) is 3.39. The fourth-order valence-electron chi connectivity index (χ4n) is 3.78. The third-order valence-electron chi connectivity index (χ3n) is 5.43. The monoisotopic (exact) mass is 478 g/mol. The van der Waals surface area contributed by atoms with Crippen molar-refractivity contribution in [2.75, 3.05) is 19.5 Å². The Kier molecular flexibility index (Phi) is 6.56. The van der Waals surface area contributed by atoms with E-state index in [4.69, 9.17) is 14.6 Å². The van der Waals surface area contributed by atoms with Gasteiger partial charge >= 0.3 is 5.97 Å². The molecule has 2 heterocycles. The van der Waals surface area contributed by atoms with Gasteiger partial charge in [0.1, 0.15) is 22.3 Å². The van der Waals surface area contributed by atoms with Gasteiger partial charge in [0, 0.05) is 0 Å². The van der Waals surface area contributed by atoms with Crippen LogP contribution in [0.15, 0.2) is 42.5 Å². The quantitative estimate of drug-likeness (QED) is 0.338. The van der Waals surface area contributed by atoms with Crippen molar-refractivity contribution < 1.29 is 19.4 Å². The third kappa shape index (κ3) is 4.22. The van der Waals surface area contributed by atoms with E-state index in [2.05, 4.69) is 10.3 Å². The summed E-state index contributed by atoms with van der Waals surface area (Å²) >= 11 is 1.50. The van der Waals surface area contributed by atoms with Gasteiger partial charge in [-0.15, -0.1) is 11.3 Å². The predicted molar refractivity (Wildman–Crippen MR) is 133 cm³/mol. The number of aryl methyl sites for hydroxylation is 3. The fraction of sp³-hybridized carbons (Fsp3) is 0.240. The number of nitrogens with one attached hydrogen (secondary N) is 1. The van der Waals surface area contributed by atoms with Crippen LogP contribution in [-0.4, -0.2) is 40.1 Å². The van der Waals surface area contributed by atoms with E-state index in [1.807, 2.05) is 51.1 Å². The number of hydrogen-bond donors (Lipinski definition) is 2. The minimum absolute atomic E-state index is 0.171. The summed E-state index contributed by atoms with van der Waals surface area (Å²) in [7, 11) is 3.20. The van der Waals surface area contributed by atoms with Gasteiger partial charge < -0.3 is 19.9 Å². The highest BCUT2D eigenvalue weighted by atomic mass is 32.1. The molecule has 0 unspecified atom stereocenters. The number of rotatable bonds is 8. The molecule has 4 aromatic rings. The zero-order valence-electron chi connectivity index (χ0n) is 19.7. The van der Waals surface area contributed by atoms with Crippen molar-refractivity contribution in [2.24, 2.45) is 0 Å². The van der Waals surface area contributed by atoms with Gasteiger partial charge in [-0.25, -0.2) is 14.5 Å². The molecule has 9 heteroatoms. The first-order chi connectivity index (χ1) is 16.4. The molecule has 176 valence electrons. The molecule has 34 heavy (non-hydrogen) atoms. The molecular weight excluding hydrogens is 452 g/mol. The Morgan fingerprint density at radius 2 is 1.91 bits per heavy atom. The number of carboxylic acids is 1. The molecule has 0 amide bonds. The van der Waals surface area contributed by atoms with E-state index in [0.29, 0.717) is 29.6 Å². The van der Waals surface area contributed by atoms with E-state index in [0.717, 1.165) is 32.4 Å². The predicted octanol–water partition coefficient (Wildman–Crippen LogP) is 5.63. The Bertz CT molecular complexity index is 1360. The molecule has 0 saturated heterocycles. The molecule has 0 fully saturated rings. The maximum Gasteiger partial charge on any atom is 0.337 e. The van der Waals surface area contributed by atoms with Gasteiger partial charge in [0.25, 0.3) is 0 Å². The number of nitrogens with zero attached hydrogens (tertiary/aromatic N) is 3. The molecule has 8 nitrogen and oxygen atoms in total. The smallest absolute Gasteiger partial charge is 0.337 e. The lowest BCUT2D eigenvalue weighted by atomic mass is 10.1. The number of aromatic nitrogens is 3. The Labute approximate surface area is 201 Å². The normalized spacial score (nSPS) is 10.9. The van der Waals surface area contributed by atoms with Gasteiger partial charge in [-0.05, 0) is 44.5 Å². The second kappa shape index (κ2) is 9.56. The minimum atomic E-state index is -1.02. The molecule has 0 aliphatic rings. The second-order valence-electron chi connectivity index (χ2n) is 7.67. The van der Waals surface area contributed by atoms with Crippen LogP contribution in [-0.2, 0) is 6.42 Å². The SMILES string of the molecule is CCc1nn(-c2ccccc2OC)c(Nc2ccc(C)cc2C(=O)O)c1-c1nc(OC)c(C)s1. The van der Waals surface area contributed by atoms with Gasteiger partial charge in [0.2, 0.25) is 5.88 Å². The lowest BCUT2D eigenvalue weighted by Gasteiger charge is -2.15. The number of thiazole rings is 1. The first kappa shape index (κ1) is 23.3. The molecule has 0 aliphatic carbocycles. The topological polar surface area (TPSA) is 98.5 Å². The summed E-state index contributed by atoms with van der Waals surface area (Å²) in [6.45, 7) is 5.83. The summed E-state index contributed by atoms with van der Waals surface area (Å²) < 4.78 is 12.8. The molecule has 2 aromatic carbocycles. The molecule has 0 radical (unpaired) electrons. The standard InChI is InChI=1S/C25H26N4O4S/c1-6-17-21(24-27-23(33-5)15(3)34-24)22(26-18-12-11-14(2)13-16(18)25(30)31)29(28-17)19-9-7-8-10-20(19)32-4/h7-13,26H,6H2,1-5H3,(H,30,31). The number of methoxy groups -OCH3 is 2. The number of carbonyl (C=O) groups is 1. The Balaban J connectivity index is 2.01. The Morgan fingerprint density at radius 1 is 1.15 bits per heavy atom. The average molecular weight is 479 g/mol. The van der Waals surface area contributed by atoms with Crippen LogP contribution in [0.25, 0.3) is 16.3 Å². The Hall–Kier alpha value is -3.85. The van der Waals surface area contributed by atoms with Crippen molar-refractivity contribution in [1.29, 1.82) is 0 Å². The van der Waals surface area contributed by atoms with E-state index < -0.39 is 5.97 Å². The van der Waals surface area contributed by atoms with Gasteiger partial charge in [-0.2, -0.15) is 5.10 Å². The largest absolute Gasteiger partial charge is 0.494 e. The Morgan fingerprint density at radius 3 is 2.56 bits per heavy atom. The summed E-state index contributed by atoms with van der Waals surface area (Å²) in [5, 5.41) is 18.8. The minimum Gasteiger partial charge on any atom is -0.494 e. The van der Waals surface area contributed by atoms with Crippen LogP contribution in [0.2, 0.25) is 0 Å². The molecule has 0 atom stereocenters. The molecule has 0 spiro atoms. The van der Waals surface area contributed by atoms with Crippen molar-refractivity contribution in [3.05, 3.63) is 64.2 Å². The van der Waals surface area contributed by atoms with Crippen LogP contribution < -0.4 is 14.8 Å². The van der Waals surface area contributed by atoms with Crippen LogP contribution in [0.5, 0.6) is 11.6 Å². The van der Waals surface area contributed by atoms with Gasteiger partial charge in [0.15, 0.2) is 0 Å². The van der Waals surface area contributed by atoms with Crippen LogP contribution in [0.3, 0.4) is 0 Å². The van der Waals surface area contributed by atoms with E-state index >= 15 is 0 Å². The number of benzene rings is 2. The molecule has 2 aromatic heterocycles. The molecule has 0 saturated carbocycles. The number of hydrogen-bond acceptors (Lipinski definition) is 7. The van der Waals surface area contributed by atoms with Crippen LogP contribution in [0, 0.1) is 13.8 Å². The first-order valence-corrected chi connectivity index (χ1v) is 11.6. The second-order valence-corrected chi connectivity index (χ2v) is 8.87. The molecular formula is C25H26N4O4S. The third-order valence-corrected chi connectivity index (χ3v) is 6.40. The number of ether oxygens (including phenoxy) is 2. The number of para-hydroxylation sites is 2. The van der Waals surface area contributed by atoms with Crippen molar-refractivity contribution in [1.82, 2.24) is 14.8 Å². The zero-order valence-corrected chi connectivity index (χ0v) is 20.5. The molecule has 4 rings (SSSR count). The van der Waals surface area contributed by atoms with Crippen molar-refractivity contribution >= 4 is 28.8 Å². The van der Waals surface area contributed by atoms with Crippen molar-refractivity contribution in [2.45, 2.75) is 27.2 Å². The highest BCUT2D eigenvalue weighted by molar-refractivity contribution is 7.15. The van der Waals surface area contributed by atoms with E-state index in [1.54, 1.807) is 31.0 Å². The van der Waals surface area contributed by atoms with Crippen LogP contribution >= 0.6 is 11.3 Å². The maximum atomic E-state index is 12.0. The van der Waals surface area contributed by atoms with E-state index in [9.17, 15) is 9.90 Å². The lowest BCUT2D eigenvalue weighted by molar-refractivity contribution is 0.0698. The molecule has 0 aliphatic heterocycles. The van der Waals surface area contributed by atoms with Crippen molar-refractivity contribution in [3.8, 4) is 27.9 Å². The first-order valence-electron chi connectivity index (χ1n) is 10.8. The molecule has 0 bridgehead atoms. The fourth-order valence-corrected chi connectivity index (χ4v) is 4.73. The maximum absolute atomic E-state index is 12.0.